The molecule has 0 aromatic rings. The van der Waals surface area contributed by atoms with Gasteiger partial charge in [0, 0.05) is 18.9 Å². The number of hydrogen-bond donors (Lipinski definition) is 1. The number of rotatable bonds is 5. The number of ether oxygens (including phenoxy) is 1. The average Bonchev–Trinajstić information content (AvgIpc) is 2.14. The molecule has 0 aliphatic heterocycles. The smallest absolute Gasteiger partial charge is 0.147 e. The Morgan fingerprint density at radius 3 is 2.40 bits per heavy atom. The van der Waals surface area contributed by atoms with E-state index in [4.69, 9.17) is 10.5 Å². The first-order valence-corrected chi connectivity index (χ1v) is 7.58. The Hall–Kier alpha value is -0.130. The SMILES string of the molecule is CS(=O)(=O)CCCOC1CCC(N)CC1. The van der Waals surface area contributed by atoms with Gasteiger partial charge in [-0.3, -0.25) is 0 Å². The summed E-state index contributed by atoms with van der Waals surface area (Å²) in [6, 6.07) is 0.334. The van der Waals surface area contributed by atoms with Gasteiger partial charge in [0.25, 0.3) is 0 Å². The summed E-state index contributed by atoms with van der Waals surface area (Å²) < 4.78 is 27.3. The Balaban J connectivity index is 2.06. The normalized spacial score (nSPS) is 27.9. The average molecular weight is 235 g/mol. The Bertz CT molecular complexity index is 268. The third-order valence-electron chi connectivity index (χ3n) is 2.73. The standard InChI is InChI=1S/C10H21NO3S/c1-15(12,13)8-2-7-14-10-5-3-9(11)4-6-10/h9-10H,2-8,11H2,1H3. The molecular formula is C10H21NO3S. The van der Waals surface area contributed by atoms with Crippen molar-refractivity contribution in [2.75, 3.05) is 18.6 Å². The molecule has 4 nitrogen and oxygen atoms in total. The van der Waals surface area contributed by atoms with E-state index in [2.05, 4.69) is 0 Å². The van der Waals surface area contributed by atoms with E-state index in [0.29, 0.717) is 25.2 Å². The maximum atomic E-state index is 10.9. The minimum absolute atomic E-state index is 0.221. The van der Waals surface area contributed by atoms with Gasteiger partial charge in [-0.05, 0) is 32.1 Å². The highest BCUT2D eigenvalue weighted by molar-refractivity contribution is 7.90. The summed E-state index contributed by atoms with van der Waals surface area (Å²) in [6.45, 7) is 0.549. The lowest BCUT2D eigenvalue weighted by Crippen LogP contribution is -2.30. The van der Waals surface area contributed by atoms with Gasteiger partial charge in [0.2, 0.25) is 0 Å². The second-order valence-electron chi connectivity index (χ2n) is 4.39. The Labute approximate surface area is 92.1 Å². The van der Waals surface area contributed by atoms with E-state index in [1.165, 1.54) is 6.26 Å². The molecule has 0 amide bonds. The first kappa shape index (κ1) is 12.9. The zero-order valence-corrected chi connectivity index (χ0v) is 10.1. The van der Waals surface area contributed by atoms with Crippen LogP contribution < -0.4 is 5.73 Å². The third kappa shape index (κ3) is 6.12. The van der Waals surface area contributed by atoms with E-state index in [9.17, 15) is 8.42 Å². The summed E-state index contributed by atoms with van der Waals surface area (Å²) in [5.41, 5.74) is 5.77. The topological polar surface area (TPSA) is 69.4 Å². The van der Waals surface area contributed by atoms with Gasteiger partial charge in [-0.25, -0.2) is 8.42 Å². The van der Waals surface area contributed by atoms with Gasteiger partial charge in [-0.15, -0.1) is 0 Å². The van der Waals surface area contributed by atoms with Crippen molar-refractivity contribution in [1.29, 1.82) is 0 Å². The van der Waals surface area contributed by atoms with E-state index in [1.807, 2.05) is 0 Å². The van der Waals surface area contributed by atoms with Gasteiger partial charge in [0.05, 0.1) is 11.9 Å². The van der Waals surface area contributed by atoms with Crippen LogP contribution in [0.4, 0.5) is 0 Å². The van der Waals surface area contributed by atoms with Crippen molar-refractivity contribution >= 4 is 9.84 Å². The van der Waals surface area contributed by atoms with E-state index >= 15 is 0 Å². The van der Waals surface area contributed by atoms with Crippen LogP contribution in [0.15, 0.2) is 0 Å². The van der Waals surface area contributed by atoms with Crippen LogP contribution in [0.25, 0.3) is 0 Å². The molecule has 0 bridgehead atoms. The van der Waals surface area contributed by atoms with Gasteiger partial charge >= 0.3 is 0 Å². The van der Waals surface area contributed by atoms with Crippen LogP contribution in [0.5, 0.6) is 0 Å². The van der Waals surface area contributed by atoms with Crippen molar-refractivity contribution in [1.82, 2.24) is 0 Å². The fraction of sp³-hybridized carbons (Fsp3) is 1.00. The Morgan fingerprint density at radius 1 is 1.27 bits per heavy atom. The van der Waals surface area contributed by atoms with Gasteiger partial charge < -0.3 is 10.5 Å². The monoisotopic (exact) mass is 235 g/mol. The number of sulfone groups is 1. The van der Waals surface area contributed by atoms with Crippen LogP contribution in [0, 0.1) is 0 Å². The molecule has 0 unspecified atom stereocenters. The van der Waals surface area contributed by atoms with E-state index in [-0.39, 0.29) is 5.75 Å². The summed E-state index contributed by atoms with van der Waals surface area (Å²) in [6.07, 6.45) is 6.23. The van der Waals surface area contributed by atoms with Crippen LogP contribution in [0.2, 0.25) is 0 Å². The molecule has 1 saturated carbocycles. The molecule has 0 saturated heterocycles. The summed E-state index contributed by atoms with van der Waals surface area (Å²) >= 11 is 0. The lowest BCUT2D eigenvalue weighted by atomic mass is 9.94. The highest BCUT2D eigenvalue weighted by Crippen LogP contribution is 2.19. The fourth-order valence-electron chi connectivity index (χ4n) is 1.83. The number of hydrogen-bond acceptors (Lipinski definition) is 4. The molecule has 0 aromatic carbocycles. The molecule has 1 rings (SSSR count). The molecule has 0 aromatic heterocycles. The largest absolute Gasteiger partial charge is 0.378 e. The maximum Gasteiger partial charge on any atom is 0.147 e. The van der Waals surface area contributed by atoms with Crippen molar-refractivity contribution in [3.8, 4) is 0 Å². The molecule has 0 heterocycles. The fourth-order valence-corrected chi connectivity index (χ4v) is 2.47. The van der Waals surface area contributed by atoms with Gasteiger partial charge in [-0.1, -0.05) is 0 Å². The zero-order chi connectivity index (χ0) is 11.3. The highest BCUT2D eigenvalue weighted by atomic mass is 32.2. The van der Waals surface area contributed by atoms with Crippen LogP contribution >= 0.6 is 0 Å². The molecule has 15 heavy (non-hydrogen) atoms. The lowest BCUT2D eigenvalue weighted by molar-refractivity contribution is 0.0259. The Morgan fingerprint density at radius 2 is 1.87 bits per heavy atom. The predicted molar refractivity (Wildman–Crippen MR) is 60.5 cm³/mol. The molecule has 2 N–H and O–H groups in total. The lowest BCUT2D eigenvalue weighted by Gasteiger charge is -2.26. The van der Waals surface area contributed by atoms with E-state index < -0.39 is 9.84 Å². The quantitative estimate of drug-likeness (QED) is 0.712. The van der Waals surface area contributed by atoms with Crippen LogP contribution in [-0.4, -0.2) is 39.2 Å². The second-order valence-corrected chi connectivity index (χ2v) is 6.65. The third-order valence-corrected chi connectivity index (χ3v) is 3.76. The van der Waals surface area contributed by atoms with Crippen molar-refractivity contribution in [3.63, 3.8) is 0 Å². The first-order valence-electron chi connectivity index (χ1n) is 5.52. The molecule has 5 heteroatoms. The molecule has 0 spiro atoms. The molecule has 1 aliphatic rings. The van der Waals surface area contributed by atoms with Crippen molar-refractivity contribution in [2.45, 2.75) is 44.2 Å². The molecule has 90 valence electrons. The van der Waals surface area contributed by atoms with Gasteiger partial charge in [0.15, 0.2) is 0 Å². The summed E-state index contributed by atoms with van der Waals surface area (Å²) in [5, 5.41) is 0. The van der Waals surface area contributed by atoms with Crippen molar-refractivity contribution < 1.29 is 13.2 Å². The van der Waals surface area contributed by atoms with Gasteiger partial charge in [-0.2, -0.15) is 0 Å². The summed E-state index contributed by atoms with van der Waals surface area (Å²) in [7, 11) is -2.84. The van der Waals surface area contributed by atoms with Crippen molar-refractivity contribution in [2.24, 2.45) is 5.73 Å². The van der Waals surface area contributed by atoms with Crippen LogP contribution in [0.1, 0.15) is 32.1 Å². The Kier molecular flexibility index (Phi) is 5.02. The molecule has 1 fully saturated rings. The highest BCUT2D eigenvalue weighted by Gasteiger charge is 2.18. The molecular weight excluding hydrogens is 214 g/mol. The number of nitrogens with two attached hydrogens (primary N) is 1. The molecule has 0 atom stereocenters. The zero-order valence-electron chi connectivity index (χ0n) is 9.31. The maximum absolute atomic E-state index is 10.9. The minimum Gasteiger partial charge on any atom is -0.378 e. The molecule has 0 radical (unpaired) electrons. The molecule has 1 aliphatic carbocycles. The van der Waals surface area contributed by atoms with Crippen LogP contribution in [-0.2, 0) is 14.6 Å². The van der Waals surface area contributed by atoms with E-state index in [0.717, 1.165) is 25.7 Å². The summed E-state index contributed by atoms with van der Waals surface area (Å²) in [5.74, 6) is 0.221. The van der Waals surface area contributed by atoms with Crippen molar-refractivity contribution in [3.05, 3.63) is 0 Å². The minimum atomic E-state index is -2.84. The van der Waals surface area contributed by atoms with Gasteiger partial charge in [0.1, 0.15) is 9.84 Å². The summed E-state index contributed by atoms with van der Waals surface area (Å²) in [4.78, 5) is 0. The predicted octanol–water partition coefficient (Wildman–Crippen LogP) is 0.708. The first-order chi connectivity index (χ1) is 6.97. The van der Waals surface area contributed by atoms with Crippen LogP contribution in [0.3, 0.4) is 0 Å². The second kappa shape index (κ2) is 5.82. The van der Waals surface area contributed by atoms with E-state index in [1.54, 1.807) is 0 Å².